The number of nitrogens with zero attached hydrogens (tertiary/aromatic N) is 5. The molecule has 4 heterocycles. The molecular weight excluding hydrogens is 364 g/mol. The summed E-state index contributed by atoms with van der Waals surface area (Å²) >= 11 is 1.31. The smallest absolute Gasteiger partial charge is 0.270 e. The minimum absolute atomic E-state index is 0.0419. The van der Waals surface area contributed by atoms with Crippen LogP contribution in [0, 0.1) is 13.8 Å². The van der Waals surface area contributed by atoms with Gasteiger partial charge in [-0.15, -0.1) is 10.2 Å². The molecule has 0 aliphatic carbocycles. The lowest BCUT2D eigenvalue weighted by Gasteiger charge is -2.13. The van der Waals surface area contributed by atoms with E-state index >= 15 is 0 Å². The number of carbonyl (C=O) groups excluding carboxylic acids is 2. The average Bonchev–Trinajstić information content (AvgIpc) is 3.38. The number of H-pyrrole nitrogens is 1. The summed E-state index contributed by atoms with van der Waals surface area (Å²) in [7, 11) is 0. The highest BCUT2D eigenvalue weighted by Crippen LogP contribution is 2.20. The second-order valence-corrected chi connectivity index (χ2v) is 7.61. The maximum atomic E-state index is 12.5. The monoisotopic (exact) mass is 384 g/mol. The van der Waals surface area contributed by atoms with Gasteiger partial charge >= 0.3 is 0 Å². The maximum Gasteiger partial charge on any atom is 0.270 e. The summed E-state index contributed by atoms with van der Waals surface area (Å²) in [5.41, 5.74) is 2.82. The van der Waals surface area contributed by atoms with Gasteiger partial charge < -0.3 is 9.88 Å². The molecule has 0 bridgehead atoms. The van der Waals surface area contributed by atoms with Crippen molar-refractivity contribution in [2.75, 3.05) is 18.8 Å². The summed E-state index contributed by atoms with van der Waals surface area (Å²) in [4.78, 5) is 34.0. The molecular formula is C18H20N6O2S. The fourth-order valence-corrected chi connectivity index (χ4v) is 4.16. The Morgan fingerprint density at radius 3 is 2.74 bits per heavy atom. The van der Waals surface area contributed by atoms with E-state index < -0.39 is 0 Å². The molecule has 0 aromatic carbocycles. The lowest BCUT2D eigenvalue weighted by molar-refractivity contribution is 0.0787. The van der Waals surface area contributed by atoms with Crippen LogP contribution in [0.15, 0.2) is 23.5 Å². The van der Waals surface area contributed by atoms with Crippen molar-refractivity contribution < 1.29 is 9.59 Å². The Bertz CT molecular complexity index is 1020. The van der Waals surface area contributed by atoms with Crippen LogP contribution in [0.5, 0.6) is 0 Å². The van der Waals surface area contributed by atoms with E-state index in [1.807, 2.05) is 29.2 Å². The molecule has 1 amide bonds. The van der Waals surface area contributed by atoms with Gasteiger partial charge in [0.15, 0.2) is 10.9 Å². The first kappa shape index (κ1) is 17.7. The van der Waals surface area contributed by atoms with Crippen molar-refractivity contribution in [1.29, 1.82) is 0 Å². The number of carbonyl (C=O) groups is 2. The number of fused-ring (bicyclic) bond motifs is 1. The predicted octanol–water partition coefficient (Wildman–Crippen LogP) is 2.28. The molecule has 0 radical (unpaired) electrons. The van der Waals surface area contributed by atoms with Crippen LogP contribution in [-0.4, -0.2) is 60.0 Å². The highest BCUT2D eigenvalue weighted by atomic mass is 32.2. The quantitative estimate of drug-likeness (QED) is 0.535. The zero-order valence-corrected chi connectivity index (χ0v) is 16.0. The number of amides is 1. The molecule has 0 unspecified atom stereocenters. The standard InChI is InChI=1S/C18H20N6O2S/c1-11-7-12(2)24-17(20-11)21-22-18(24)27-10-15(25)13-8-14(19-9-13)16(26)23-5-3-4-6-23/h7-9,19H,3-6,10H2,1-2H3. The van der Waals surface area contributed by atoms with Gasteiger partial charge in [-0.25, -0.2) is 4.98 Å². The van der Waals surface area contributed by atoms with Gasteiger partial charge in [0.2, 0.25) is 0 Å². The van der Waals surface area contributed by atoms with E-state index in [-0.39, 0.29) is 17.4 Å². The van der Waals surface area contributed by atoms with Gasteiger partial charge in [-0.05, 0) is 38.8 Å². The highest BCUT2D eigenvalue weighted by molar-refractivity contribution is 7.99. The number of hydrogen-bond donors (Lipinski definition) is 1. The summed E-state index contributed by atoms with van der Waals surface area (Å²) in [5.74, 6) is 0.636. The van der Waals surface area contributed by atoms with Crippen molar-refractivity contribution in [1.82, 2.24) is 29.5 Å². The average molecular weight is 384 g/mol. The second-order valence-electron chi connectivity index (χ2n) is 6.67. The van der Waals surface area contributed by atoms with E-state index in [4.69, 9.17) is 0 Å². The Labute approximate surface area is 160 Å². The zero-order chi connectivity index (χ0) is 19.0. The van der Waals surface area contributed by atoms with Gasteiger partial charge in [-0.2, -0.15) is 0 Å². The SMILES string of the molecule is Cc1cc(C)n2c(SCC(=O)c3c[nH]c(C(=O)N4CCCC4)c3)nnc2n1. The van der Waals surface area contributed by atoms with Crippen LogP contribution in [0.4, 0.5) is 0 Å². The Hall–Kier alpha value is -2.68. The molecule has 3 aromatic rings. The number of aryl methyl sites for hydroxylation is 2. The van der Waals surface area contributed by atoms with Crippen LogP contribution in [-0.2, 0) is 0 Å². The van der Waals surface area contributed by atoms with Crippen LogP contribution in [0.3, 0.4) is 0 Å². The molecule has 4 rings (SSSR count). The molecule has 27 heavy (non-hydrogen) atoms. The van der Waals surface area contributed by atoms with E-state index in [9.17, 15) is 9.59 Å². The Kier molecular flexibility index (Phi) is 4.69. The van der Waals surface area contributed by atoms with Gasteiger partial charge in [0.1, 0.15) is 5.69 Å². The van der Waals surface area contributed by atoms with Crippen LogP contribution in [0.2, 0.25) is 0 Å². The van der Waals surface area contributed by atoms with E-state index in [2.05, 4.69) is 20.2 Å². The Morgan fingerprint density at radius 1 is 1.19 bits per heavy atom. The molecule has 3 aromatic heterocycles. The van der Waals surface area contributed by atoms with Gasteiger partial charge in [0, 0.05) is 36.2 Å². The third-order valence-electron chi connectivity index (χ3n) is 4.62. The summed E-state index contributed by atoms with van der Waals surface area (Å²) < 4.78 is 1.84. The Morgan fingerprint density at radius 2 is 1.96 bits per heavy atom. The van der Waals surface area contributed by atoms with E-state index in [0.29, 0.717) is 22.2 Å². The molecule has 1 aliphatic rings. The van der Waals surface area contributed by atoms with E-state index in [0.717, 1.165) is 37.3 Å². The molecule has 140 valence electrons. The fraction of sp³-hybridized carbons (Fsp3) is 0.389. The van der Waals surface area contributed by atoms with Crippen molar-refractivity contribution in [2.45, 2.75) is 31.8 Å². The lowest BCUT2D eigenvalue weighted by Crippen LogP contribution is -2.27. The number of likely N-dealkylation sites (tertiary alicyclic amines) is 1. The predicted molar refractivity (Wildman–Crippen MR) is 101 cm³/mol. The number of rotatable bonds is 5. The van der Waals surface area contributed by atoms with Crippen molar-refractivity contribution in [3.8, 4) is 0 Å². The molecule has 8 nitrogen and oxygen atoms in total. The molecule has 0 spiro atoms. The van der Waals surface area contributed by atoms with Crippen LogP contribution in [0.1, 0.15) is 45.1 Å². The minimum atomic E-state index is -0.0637. The normalized spacial score (nSPS) is 14.2. The first-order valence-electron chi connectivity index (χ1n) is 8.86. The Balaban J connectivity index is 1.45. The molecule has 0 saturated carbocycles. The third kappa shape index (κ3) is 3.46. The lowest BCUT2D eigenvalue weighted by atomic mass is 10.2. The van der Waals surface area contributed by atoms with Gasteiger partial charge in [-0.1, -0.05) is 11.8 Å². The number of Topliss-reactive ketones (excluding diaryl/α,β-unsaturated/α-hetero) is 1. The highest BCUT2D eigenvalue weighted by Gasteiger charge is 2.22. The number of nitrogens with one attached hydrogen (secondary N) is 1. The number of thioether (sulfide) groups is 1. The number of aromatic amines is 1. The van der Waals surface area contributed by atoms with Gasteiger partial charge in [0.05, 0.1) is 5.75 Å². The molecule has 1 N–H and O–H groups in total. The topological polar surface area (TPSA) is 96.2 Å². The van der Waals surface area contributed by atoms with E-state index in [1.54, 1.807) is 12.3 Å². The molecule has 1 saturated heterocycles. The zero-order valence-electron chi connectivity index (χ0n) is 15.2. The van der Waals surface area contributed by atoms with Crippen LogP contribution >= 0.6 is 11.8 Å². The summed E-state index contributed by atoms with van der Waals surface area (Å²) in [5, 5.41) is 8.85. The summed E-state index contributed by atoms with van der Waals surface area (Å²) in [6.45, 7) is 5.43. The molecule has 0 atom stereocenters. The number of aromatic nitrogens is 5. The molecule has 9 heteroatoms. The van der Waals surface area contributed by atoms with Crippen molar-refractivity contribution in [2.24, 2.45) is 0 Å². The molecule has 1 aliphatic heterocycles. The molecule has 1 fully saturated rings. The number of ketones is 1. The first-order chi connectivity index (χ1) is 13.0. The third-order valence-corrected chi connectivity index (χ3v) is 5.55. The van der Waals surface area contributed by atoms with Gasteiger partial charge in [0.25, 0.3) is 11.7 Å². The van der Waals surface area contributed by atoms with Crippen molar-refractivity contribution >= 4 is 29.2 Å². The second kappa shape index (κ2) is 7.15. The minimum Gasteiger partial charge on any atom is -0.356 e. The van der Waals surface area contributed by atoms with Crippen LogP contribution < -0.4 is 0 Å². The summed E-state index contributed by atoms with van der Waals surface area (Å²) in [6.07, 6.45) is 3.67. The number of hydrogen-bond acceptors (Lipinski definition) is 6. The van der Waals surface area contributed by atoms with Crippen LogP contribution in [0.25, 0.3) is 5.78 Å². The fourth-order valence-electron chi connectivity index (χ4n) is 3.28. The summed E-state index contributed by atoms with van der Waals surface area (Å²) in [6, 6.07) is 3.59. The van der Waals surface area contributed by atoms with Crippen molar-refractivity contribution in [3.63, 3.8) is 0 Å². The first-order valence-corrected chi connectivity index (χ1v) is 9.84. The van der Waals surface area contributed by atoms with E-state index in [1.165, 1.54) is 11.8 Å². The van der Waals surface area contributed by atoms with Gasteiger partial charge in [-0.3, -0.25) is 14.0 Å². The largest absolute Gasteiger partial charge is 0.356 e. The van der Waals surface area contributed by atoms with Crippen molar-refractivity contribution in [3.05, 3.63) is 41.0 Å². The maximum absolute atomic E-state index is 12.5.